The molecule has 2 rings (SSSR count). The van der Waals surface area contributed by atoms with Crippen LogP contribution in [0.4, 0.5) is 0 Å². The summed E-state index contributed by atoms with van der Waals surface area (Å²) in [4.78, 5) is 1.17. The first-order valence-electron chi connectivity index (χ1n) is 5.24. The van der Waals surface area contributed by atoms with Crippen molar-refractivity contribution in [3.05, 3.63) is 22.4 Å². The van der Waals surface area contributed by atoms with Crippen LogP contribution >= 0.6 is 34.5 Å². The van der Waals surface area contributed by atoms with E-state index in [2.05, 4.69) is 5.38 Å². The maximum atomic E-state index is 6.18. The van der Waals surface area contributed by atoms with Crippen LogP contribution in [0.15, 0.2) is 12.1 Å². The van der Waals surface area contributed by atoms with E-state index < -0.39 is 0 Å². The van der Waals surface area contributed by atoms with Crippen molar-refractivity contribution >= 4 is 42.4 Å². The Kier molecular flexibility index (Phi) is 7.62. The van der Waals surface area contributed by atoms with E-state index >= 15 is 0 Å². The SMILES string of the molecule is [B]C1C(Cl)CC(Cl)C1COCc1cc[c-]s1.[Y]. The van der Waals surface area contributed by atoms with Crippen molar-refractivity contribution in [1.29, 1.82) is 0 Å². The molecule has 0 saturated heterocycles. The van der Waals surface area contributed by atoms with E-state index in [0.29, 0.717) is 13.2 Å². The molecule has 1 aliphatic rings. The number of hydrogen-bond donors (Lipinski definition) is 0. The molecule has 89 valence electrons. The van der Waals surface area contributed by atoms with Crippen molar-refractivity contribution in [2.45, 2.75) is 29.6 Å². The molecule has 3 radical (unpaired) electrons. The van der Waals surface area contributed by atoms with Crippen LogP contribution in [0.1, 0.15) is 11.3 Å². The first-order valence-corrected chi connectivity index (χ1v) is 6.93. The molecule has 0 N–H and O–H groups in total. The predicted molar refractivity (Wildman–Crippen MR) is 69.7 cm³/mol. The molecule has 0 spiro atoms. The summed E-state index contributed by atoms with van der Waals surface area (Å²) in [6.07, 6.45) is 0.769. The Labute approximate surface area is 143 Å². The first kappa shape index (κ1) is 16.5. The van der Waals surface area contributed by atoms with Gasteiger partial charge in [-0.05, 0) is 12.3 Å². The van der Waals surface area contributed by atoms with Gasteiger partial charge in [-0.1, -0.05) is 5.82 Å². The van der Waals surface area contributed by atoms with Gasteiger partial charge in [0.2, 0.25) is 0 Å². The van der Waals surface area contributed by atoms with Crippen molar-refractivity contribution in [2.24, 2.45) is 5.92 Å². The molecule has 0 amide bonds. The molecule has 0 bridgehead atoms. The van der Waals surface area contributed by atoms with Gasteiger partial charge in [0.1, 0.15) is 0 Å². The number of thiophene rings is 1. The number of ether oxygens (including phenoxy) is 1. The Balaban J connectivity index is 0.00000144. The zero-order valence-electron chi connectivity index (χ0n) is 9.31. The van der Waals surface area contributed by atoms with Gasteiger partial charge in [-0.15, -0.1) is 33.5 Å². The Hall–Kier alpha value is 1.41. The molecule has 0 aliphatic heterocycles. The second-order valence-electron chi connectivity index (χ2n) is 4.04. The second-order valence-corrected chi connectivity index (χ2v) is 6.13. The van der Waals surface area contributed by atoms with Crippen molar-refractivity contribution < 1.29 is 37.4 Å². The van der Waals surface area contributed by atoms with Gasteiger partial charge in [0.15, 0.2) is 0 Å². The van der Waals surface area contributed by atoms with Gasteiger partial charge in [0.25, 0.3) is 0 Å². The van der Waals surface area contributed by atoms with Gasteiger partial charge in [-0.2, -0.15) is 12.1 Å². The minimum absolute atomic E-state index is 0. The van der Waals surface area contributed by atoms with Crippen LogP contribution in [0, 0.1) is 11.3 Å². The largest absolute Gasteiger partial charge is 0.389 e. The summed E-state index contributed by atoms with van der Waals surface area (Å²) < 4.78 is 5.62. The van der Waals surface area contributed by atoms with Crippen LogP contribution < -0.4 is 0 Å². The quantitative estimate of drug-likeness (QED) is 0.454. The zero-order chi connectivity index (χ0) is 11.5. The van der Waals surface area contributed by atoms with E-state index in [4.69, 9.17) is 35.8 Å². The summed E-state index contributed by atoms with van der Waals surface area (Å²) in [7, 11) is 5.97. The number of hydrogen-bond acceptors (Lipinski definition) is 2. The van der Waals surface area contributed by atoms with Crippen LogP contribution in [0.2, 0.25) is 5.82 Å². The maximum Gasteiger partial charge on any atom is 0.0725 e. The van der Waals surface area contributed by atoms with Crippen LogP contribution in [-0.2, 0) is 44.1 Å². The molecular formula is C11H12BCl2OSY-. The standard InChI is InChI=1S/C11H12BCl2OS.Y/c12-11-8(9(13)4-10(11)14)6-15-5-7-2-1-3-16-7;/h1-2,8-11H,4-6H2;/q-1;. The number of alkyl halides is 2. The Bertz CT molecular complexity index is 325. The first-order chi connectivity index (χ1) is 7.68. The van der Waals surface area contributed by atoms with Gasteiger partial charge >= 0.3 is 0 Å². The second kappa shape index (κ2) is 7.87. The number of rotatable bonds is 4. The van der Waals surface area contributed by atoms with E-state index in [9.17, 15) is 0 Å². The van der Waals surface area contributed by atoms with E-state index in [-0.39, 0.29) is 55.2 Å². The van der Waals surface area contributed by atoms with Crippen molar-refractivity contribution in [3.63, 3.8) is 0 Å². The van der Waals surface area contributed by atoms with Gasteiger partial charge in [0, 0.05) is 56.7 Å². The van der Waals surface area contributed by atoms with E-state index in [0.717, 1.165) is 6.42 Å². The molecule has 1 aromatic heterocycles. The Morgan fingerprint density at radius 2 is 2.24 bits per heavy atom. The van der Waals surface area contributed by atoms with Gasteiger partial charge in [-0.25, -0.2) is 0 Å². The fourth-order valence-corrected chi connectivity index (χ4v) is 3.38. The molecule has 1 nitrogen and oxygen atoms in total. The average molecular weight is 363 g/mol. The smallest absolute Gasteiger partial charge is 0.0725 e. The summed E-state index contributed by atoms with van der Waals surface area (Å²) in [5.74, 6) is 0.104. The Morgan fingerprint density at radius 1 is 1.47 bits per heavy atom. The predicted octanol–water partition coefficient (Wildman–Crippen LogP) is 3.25. The van der Waals surface area contributed by atoms with Gasteiger partial charge < -0.3 is 4.74 Å². The zero-order valence-corrected chi connectivity index (χ0v) is 14.5. The summed E-state index contributed by atoms with van der Waals surface area (Å²) in [5.41, 5.74) is 0. The molecule has 1 heterocycles. The van der Waals surface area contributed by atoms with Crippen LogP contribution in [0.25, 0.3) is 0 Å². The van der Waals surface area contributed by atoms with Crippen LogP contribution in [0.5, 0.6) is 0 Å². The summed E-state index contributed by atoms with van der Waals surface area (Å²) in [6, 6.07) is 3.89. The molecule has 1 fully saturated rings. The molecule has 4 unspecified atom stereocenters. The molecule has 1 aromatic rings. The third-order valence-electron chi connectivity index (χ3n) is 2.91. The molecule has 1 aliphatic carbocycles. The summed E-state index contributed by atoms with van der Waals surface area (Å²) >= 11 is 13.8. The molecule has 0 aromatic carbocycles. The van der Waals surface area contributed by atoms with E-state index in [1.165, 1.54) is 4.88 Å². The average Bonchev–Trinajstić information content (AvgIpc) is 2.82. The minimum Gasteiger partial charge on any atom is -0.389 e. The minimum atomic E-state index is -0.0564. The van der Waals surface area contributed by atoms with E-state index in [1.807, 2.05) is 12.1 Å². The number of halogens is 2. The van der Waals surface area contributed by atoms with E-state index in [1.54, 1.807) is 11.3 Å². The van der Waals surface area contributed by atoms with Crippen molar-refractivity contribution in [2.75, 3.05) is 6.61 Å². The monoisotopic (exact) mass is 362 g/mol. The molecular weight excluding hydrogens is 351 g/mol. The fourth-order valence-electron chi connectivity index (χ4n) is 1.92. The summed E-state index contributed by atoms with van der Waals surface area (Å²) in [6.45, 7) is 1.18. The molecule has 1 saturated carbocycles. The van der Waals surface area contributed by atoms with Crippen molar-refractivity contribution in [3.8, 4) is 0 Å². The van der Waals surface area contributed by atoms with Crippen molar-refractivity contribution in [1.82, 2.24) is 0 Å². The molecule has 4 atom stereocenters. The normalized spacial score (nSPS) is 32.4. The van der Waals surface area contributed by atoms with Crippen LogP contribution in [-0.4, -0.2) is 25.2 Å². The van der Waals surface area contributed by atoms with Gasteiger partial charge in [0.05, 0.1) is 7.85 Å². The molecule has 6 heteroatoms. The molecule has 17 heavy (non-hydrogen) atoms. The third-order valence-corrected chi connectivity index (χ3v) is 4.65. The van der Waals surface area contributed by atoms with Crippen LogP contribution in [0.3, 0.4) is 0 Å². The fraction of sp³-hybridized carbons (Fsp3) is 0.636. The third kappa shape index (κ3) is 4.47. The van der Waals surface area contributed by atoms with Gasteiger partial charge in [-0.3, -0.25) is 11.3 Å². The topological polar surface area (TPSA) is 9.23 Å². The summed E-state index contributed by atoms with van der Waals surface area (Å²) in [5, 5.41) is 3.04. The maximum absolute atomic E-state index is 6.18. The Morgan fingerprint density at radius 3 is 2.76 bits per heavy atom.